The standard InChI is InChI=1S/C11H13BrN2O5S2/c12-9-8(5-7(20-9)11(16)17)21(18,19)14-3-1-6(2-4-14)10(13)15/h5-6H,1-4H2,(H2,13,15)(H,16,17). The number of primary amides is 1. The van der Waals surface area contributed by atoms with E-state index in [2.05, 4.69) is 15.9 Å². The molecular formula is C11H13BrN2O5S2. The van der Waals surface area contributed by atoms with Crippen LogP contribution in [0.15, 0.2) is 14.7 Å². The molecule has 21 heavy (non-hydrogen) atoms. The van der Waals surface area contributed by atoms with Crippen LogP contribution in [0.5, 0.6) is 0 Å². The van der Waals surface area contributed by atoms with Gasteiger partial charge in [-0.3, -0.25) is 4.79 Å². The van der Waals surface area contributed by atoms with Crippen molar-refractivity contribution in [2.24, 2.45) is 11.7 Å². The number of halogens is 1. The number of hydrogen-bond donors (Lipinski definition) is 2. The van der Waals surface area contributed by atoms with E-state index in [-0.39, 0.29) is 32.6 Å². The smallest absolute Gasteiger partial charge is 0.345 e. The van der Waals surface area contributed by atoms with Crippen molar-refractivity contribution < 1.29 is 23.1 Å². The minimum Gasteiger partial charge on any atom is -0.477 e. The molecule has 1 saturated heterocycles. The predicted octanol–water partition coefficient (Wildman–Crippen LogP) is 1.09. The zero-order valence-corrected chi connectivity index (χ0v) is 14.0. The molecule has 10 heteroatoms. The number of carboxylic acids is 1. The zero-order chi connectivity index (χ0) is 15.8. The molecule has 0 unspecified atom stereocenters. The van der Waals surface area contributed by atoms with E-state index in [4.69, 9.17) is 10.8 Å². The van der Waals surface area contributed by atoms with Crippen LogP contribution in [0.4, 0.5) is 0 Å². The van der Waals surface area contributed by atoms with E-state index >= 15 is 0 Å². The molecule has 2 heterocycles. The number of rotatable bonds is 4. The number of aromatic carboxylic acids is 1. The summed E-state index contributed by atoms with van der Waals surface area (Å²) < 4.78 is 26.5. The molecule has 0 saturated carbocycles. The van der Waals surface area contributed by atoms with Crippen molar-refractivity contribution in [3.63, 3.8) is 0 Å². The van der Waals surface area contributed by atoms with Crippen molar-refractivity contribution in [1.29, 1.82) is 0 Å². The molecule has 1 amide bonds. The summed E-state index contributed by atoms with van der Waals surface area (Å²) in [7, 11) is -3.77. The van der Waals surface area contributed by atoms with Gasteiger partial charge in [-0.15, -0.1) is 11.3 Å². The maximum Gasteiger partial charge on any atom is 0.345 e. The van der Waals surface area contributed by atoms with Gasteiger partial charge < -0.3 is 10.8 Å². The maximum atomic E-state index is 12.5. The Hall–Kier alpha value is -0.970. The normalized spacial score (nSPS) is 17.8. The van der Waals surface area contributed by atoms with Crippen molar-refractivity contribution >= 4 is 49.2 Å². The fourth-order valence-electron chi connectivity index (χ4n) is 2.15. The van der Waals surface area contributed by atoms with Crippen LogP contribution in [0.1, 0.15) is 22.5 Å². The first-order chi connectivity index (χ1) is 9.73. The first-order valence-electron chi connectivity index (χ1n) is 6.05. The van der Waals surface area contributed by atoms with Crippen LogP contribution in [0.25, 0.3) is 0 Å². The first-order valence-corrected chi connectivity index (χ1v) is 9.10. The van der Waals surface area contributed by atoms with E-state index in [1.807, 2.05) is 0 Å². The summed E-state index contributed by atoms with van der Waals surface area (Å²) in [5.41, 5.74) is 5.22. The predicted molar refractivity (Wildman–Crippen MR) is 79.7 cm³/mol. The Morgan fingerprint density at radius 3 is 2.38 bits per heavy atom. The number of piperidine rings is 1. The van der Waals surface area contributed by atoms with Gasteiger partial charge in [0.15, 0.2) is 0 Å². The van der Waals surface area contributed by atoms with Gasteiger partial charge in [-0.1, -0.05) is 0 Å². The number of thiophene rings is 1. The van der Waals surface area contributed by atoms with Crippen LogP contribution >= 0.6 is 27.3 Å². The summed E-state index contributed by atoms with van der Waals surface area (Å²) in [6, 6.07) is 1.15. The third-order valence-electron chi connectivity index (χ3n) is 3.34. The fraction of sp³-hybridized carbons (Fsp3) is 0.455. The van der Waals surface area contributed by atoms with Gasteiger partial charge in [0.2, 0.25) is 15.9 Å². The summed E-state index contributed by atoms with van der Waals surface area (Å²) >= 11 is 3.95. The molecule has 1 aliphatic rings. The lowest BCUT2D eigenvalue weighted by Crippen LogP contribution is -2.41. The molecule has 1 aromatic heterocycles. The fourth-order valence-corrected chi connectivity index (χ4v) is 5.98. The Morgan fingerprint density at radius 2 is 1.95 bits per heavy atom. The van der Waals surface area contributed by atoms with Crippen LogP contribution in [-0.4, -0.2) is 42.8 Å². The molecule has 2 rings (SSSR count). The maximum absolute atomic E-state index is 12.5. The Kier molecular flexibility index (Phi) is 4.71. The molecule has 1 aliphatic heterocycles. The molecule has 7 nitrogen and oxygen atoms in total. The van der Waals surface area contributed by atoms with E-state index < -0.39 is 21.9 Å². The van der Waals surface area contributed by atoms with Crippen LogP contribution < -0.4 is 5.73 Å². The van der Waals surface area contributed by atoms with E-state index in [1.165, 1.54) is 4.31 Å². The van der Waals surface area contributed by atoms with Crippen LogP contribution in [0, 0.1) is 5.92 Å². The Bertz CT molecular complexity index is 677. The van der Waals surface area contributed by atoms with Crippen molar-refractivity contribution in [1.82, 2.24) is 4.31 Å². The molecule has 3 N–H and O–H groups in total. The van der Waals surface area contributed by atoms with Gasteiger partial charge in [-0.25, -0.2) is 13.2 Å². The van der Waals surface area contributed by atoms with Crippen molar-refractivity contribution in [3.05, 3.63) is 14.7 Å². The number of carbonyl (C=O) groups is 2. The summed E-state index contributed by atoms with van der Waals surface area (Å²) in [5.74, 6) is -1.90. The lowest BCUT2D eigenvalue weighted by Gasteiger charge is -2.29. The van der Waals surface area contributed by atoms with Gasteiger partial charge in [0, 0.05) is 19.0 Å². The Labute approximate surface area is 133 Å². The quantitative estimate of drug-likeness (QED) is 0.789. The third-order valence-corrected chi connectivity index (χ3v) is 7.48. The van der Waals surface area contributed by atoms with Gasteiger partial charge in [0.25, 0.3) is 0 Å². The Morgan fingerprint density at radius 1 is 1.38 bits per heavy atom. The highest BCUT2D eigenvalue weighted by molar-refractivity contribution is 9.11. The first kappa shape index (κ1) is 16.4. The summed E-state index contributed by atoms with van der Waals surface area (Å²) in [6.07, 6.45) is 0.754. The molecule has 0 atom stereocenters. The summed E-state index contributed by atoms with van der Waals surface area (Å²) in [4.78, 5) is 21.9. The number of hydrogen-bond acceptors (Lipinski definition) is 5. The van der Waals surface area contributed by atoms with Crippen LogP contribution in [0.3, 0.4) is 0 Å². The minimum atomic E-state index is -3.77. The number of sulfonamides is 1. The molecule has 0 spiro atoms. The van der Waals surface area contributed by atoms with Gasteiger partial charge in [0.1, 0.15) is 9.77 Å². The lowest BCUT2D eigenvalue weighted by molar-refractivity contribution is -0.122. The second-order valence-corrected chi connectivity index (χ2v) is 8.91. The highest BCUT2D eigenvalue weighted by Gasteiger charge is 2.33. The van der Waals surface area contributed by atoms with Gasteiger partial charge in [0.05, 0.1) is 3.79 Å². The summed E-state index contributed by atoms with van der Waals surface area (Å²) in [6.45, 7) is 0.390. The number of nitrogens with two attached hydrogens (primary N) is 1. The highest BCUT2D eigenvalue weighted by atomic mass is 79.9. The zero-order valence-electron chi connectivity index (χ0n) is 10.8. The average molecular weight is 397 g/mol. The molecule has 0 aromatic carbocycles. The van der Waals surface area contributed by atoms with E-state index in [0.29, 0.717) is 12.8 Å². The van der Waals surface area contributed by atoms with E-state index in [1.54, 1.807) is 0 Å². The topological polar surface area (TPSA) is 118 Å². The van der Waals surface area contributed by atoms with Crippen molar-refractivity contribution in [2.75, 3.05) is 13.1 Å². The number of carbonyl (C=O) groups excluding carboxylic acids is 1. The van der Waals surface area contributed by atoms with Crippen LogP contribution in [-0.2, 0) is 14.8 Å². The molecule has 1 aromatic rings. The SMILES string of the molecule is NC(=O)C1CCN(S(=O)(=O)c2cc(C(=O)O)sc2Br)CC1. The van der Waals surface area contributed by atoms with E-state index in [0.717, 1.165) is 17.4 Å². The molecule has 1 fully saturated rings. The van der Waals surface area contributed by atoms with Crippen molar-refractivity contribution in [2.45, 2.75) is 17.7 Å². The highest BCUT2D eigenvalue weighted by Crippen LogP contribution is 2.34. The van der Waals surface area contributed by atoms with Gasteiger partial charge in [-0.05, 0) is 34.8 Å². The molecule has 0 radical (unpaired) electrons. The number of carboxylic acid groups (broad SMARTS) is 1. The average Bonchev–Trinajstić information content (AvgIpc) is 2.82. The monoisotopic (exact) mass is 396 g/mol. The Balaban J connectivity index is 2.23. The third kappa shape index (κ3) is 3.28. The van der Waals surface area contributed by atoms with Crippen molar-refractivity contribution in [3.8, 4) is 0 Å². The molecule has 0 aliphatic carbocycles. The second-order valence-electron chi connectivity index (χ2n) is 4.63. The van der Waals surface area contributed by atoms with Gasteiger partial charge >= 0.3 is 5.97 Å². The molecule has 0 bridgehead atoms. The largest absolute Gasteiger partial charge is 0.477 e. The van der Waals surface area contributed by atoms with E-state index in [9.17, 15) is 18.0 Å². The molecular weight excluding hydrogens is 384 g/mol. The number of amides is 1. The van der Waals surface area contributed by atoms with Crippen LogP contribution in [0.2, 0.25) is 0 Å². The molecule has 116 valence electrons. The minimum absolute atomic E-state index is 0.0486. The second kappa shape index (κ2) is 6.03. The van der Waals surface area contributed by atoms with Gasteiger partial charge in [-0.2, -0.15) is 4.31 Å². The lowest BCUT2D eigenvalue weighted by atomic mass is 9.98. The number of nitrogens with zero attached hydrogens (tertiary/aromatic N) is 1. The summed E-state index contributed by atoms with van der Waals surface area (Å²) in [5, 5.41) is 8.92.